The quantitative estimate of drug-likeness (QED) is 0.612. The molecule has 2 saturated heterocycles. The van der Waals surface area contributed by atoms with E-state index in [9.17, 15) is 9.59 Å². The first-order chi connectivity index (χ1) is 12.5. The molecular weight excluding hydrogens is 352 g/mol. The van der Waals surface area contributed by atoms with Crippen LogP contribution in [-0.2, 0) is 9.59 Å². The van der Waals surface area contributed by atoms with E-state index in [0.717, 1.165) is 19.3 Å². The van der Waals surface area contributed by atoms with Gasteiger partial charge in [0.05, 0.1) is 0 Å². The first-order valence-electron chi connectivity index (χ1n) is 9.18. The van der Waals surface area contributed by atoms with Crippen molar-refractivity contribution in [2.24, 2.45) is 0 Å². The number of H-pyrrole nitrogens is 1. The molecular formula is C17H24N6O2S. The summed E-state index contributed by atoms with van der Waals surface area (Å²) in [5.74, 6) is 0.476. The lowest BCUT2D eigenvalue weighted by Crippen LogP contribution is -2.67. The summed E-state index contributed by atoms with van der Waals surface area (Å²) >= 11 is 1.69. The molecule has 3 heterocycles. The number of carbonyl (C=O) groups is 2. The van der Waals surface area contributed by atoms with Gasteiger partial charge in [0.25, 0.3) is 0 Å². The largest absolute Gasteiger partial charge is 0.341 e. The topological polar surface area (TPSA) is 104 Å². The van der Waals surface area contributed by atoms with Crippen molar-refractivity contribution in [1.82, 2.24) is 30.8 Å². The first kappa shape index (κ1) is 17.5. The number of hydrogen-bond acceptors (Lipinski definition) is 6. The highest BCUT2D eigenvalue weighted by Gasteiger charge is 2.63. The molecule has 0 spiro atoms. The van der Waals surface area contributed by atoms with Crippen LogP contribution in [-0.4, -0.2) is 53.5 Å². The monoisotopic (exact) mass is 376 g/mol. The van der Waals surface area contributed by atoms with Crippen molar-refractivity contribution in [2.75, 3.05) is 0 Å². The third kappa shape index (κ3) is 3.02. The SMILES string of the molecule is CC1(C)SC2C(NC(=O)CC3=CCCCCC3)C(=O)N2C1c1nnn[nH]1. The minimum atomic E-state index is -0.459. The second-order valence-electron chi connectivity index (χ2n) is 7.73. The van der Waals surface area contributed by atoms with E-state index in [1.807, 2.05) is 0 Å². The number of aromatic amines is 1. The number of hydrogen-bond donors (Lipinski definition) is 2. The van der Waals surface area contributed by atoms with Gasteiger partial charge >= 0.3 is 0 Å². The summed E-state index contributed by atoms with van der Waals surface area (Å²) in [5, 5.41) is 16.9. The summed E-state index contributed by atoms with van der Waals surface area (Å²) in [4.78, 5) is 27.0. The molecule has 2 aliphatic heterocycles. The van der Waals surface area contributed by atoms with E-state index in [1.54, 1.807) is 16.7 Å². The maximum atomic E-state index is 12.7. The van der Waals surface area contributed by atoms with Gasteiger partial charge < -0.3 is 10.2 Å². The number of fused-ring (bicyclic) bond motifs is 1. The van der Waals surface area contributed by atoms with Crippen LogP contribution < -0.4 is 5.32 Å². The molecule has 0 aromatic carbocycles. The summed E-state index contributed by atoms with van der Waals surface area (Å²) in [6.07, 6.45) is 8.22. The number of amides is 2. The van der Waals surface area contributed by atoms with Crippen molar-refractivity contribution in [3.63, 3.8) is 0 Å². The lowest BCUT2D eigenvalue weighted by Gasteiger charge is -2.44. The van der Waals surface area contributed by atoms with Gasteiger partial charge in [0.1, 0.15) is 17.5 Å². The van der Waals surface area contributed by atoms with Crippen molar-refractivity contribution in [3.8, 4) is 0 Å². The number of allylic oxidation sites excluding steroid dienone is 1. The summed E-state index contributed by atoms with van der Waals surface area (Å²) in [7, 11) is 0. The van der Waals surface area contributed by atoms with Gasteiger partial charge in [-0.05, 0) is 50.0 Å². The molecule has 2 N–H and O–H groups in total. The predicted molar refractivity (Wildman–Crippen MR) is 96.9 cm³/mol. The van der Waals surface area contributed by atoms with Crippen LogP contribution in [0.1, 0.15) is 64.2 Å². The lowest BCUT2D eigenvalue weighted by molar-refractivity contribution is -0.151. The second kappa shape index (κ2) is 6.68. The van der Waals surface area contributed by atoms with E-state index in [1.165, 1.54) is 18.4 Å². The van der Waals surface area contributed by atoms with E-state index in [0.29, 0.717) is 12.2 Å². The highest BCUT2D eigenvalue weighted by molar-refractivity contribution is 8.01. The fourth-order valence-corrected chi connectivity index (χ4v) is 5.78. The van der Waals surface area contributed by atoms with Crippen LogP contribution in [0, 0.1) is 0 Å². The van der Waals surface area contributed by atoms with Crippen LogP contribution in [0.4, 0.5) is 0 Å². The highest BCUT2D eigenvalue weighted by Crippen LogP contribution is 2.56. The second-order valence-corrected chi connectivity index (χ2v) is 9.50. The van der Waals surface area contributed by atoms with Gasteiger partial charge in [0.15, 0.2) is 5.82 Å². The number of rotatable bonds is 4. The Morgan fingerprint density at radius 1 is 1.42 bits per heavy atom. The van der Waals surface area contributed by atoms with Crippen LogP contribution in [0.25, 0.3) is 0 Å². The molecule has 140 valence electrons. The Kier molecular flexibility index (Phi) is 4.50. The molecule has 2 amide bonds. The molecule has 26 heavy (non-hydrogen) atoms. The number of nitrogens with one attached hydrogen (secondary N) is 2. The molecule has 8 nitrogen and oxygen atoms in total. The maximum Gasteiger partial charge on any atom is 0.249 e. The predicted octanol–water partition coefficient (Wildman–Crippen LogP) is 1.70. The number of β-lactam (4-membered cyclic amide) rings is 1. The van der Waals surface area contributed by atoms with Crippen molar-refractivity contribution >= 4 is 23.6 Å². The van der Waals surface area contributed by atoms with Gasteiger partial charge in [-0.2, -0.15) is 0 Å². The summed E-state index contributed by atoms with van der Waals surface area (Å²) in [6, 6.07) is -0.670. The molecule has 0 saturated carbocycles. The molecule has 0 radical (unpaired) electrons. The van der Waals surface area contributed by atoms with E-state index in [2.05, 4.69) is 45.9 Å². The van der Waals surface area contributed by atoms with Gasteiger partial charge in [-0.15, -0.1) is 16.9 Å². The van der Waals surface area contributed by atoms with E-state index in [4.69, 9.17) is 0 Å². The average Bonchev–Trinajstić information content (AvgIpc) is 3.10. The zero-order valence-electron chi connectivity index (χ0n) is 15.1. The van der Waals surface area contributed by atoms with Gasteiger partial charge in [0.2, 0.25) is 11.8 Å². The van der Waals surface area contributed by atoms with E-state index in [-0.39, 0.29) is 28.0 Å². The Hall–Kier alpha value is -1.90. The Morgan fingerprint density at radius 2 is 2.27 bits per heavy atom. The Bertz CT molecular complexity index is 732. The third-order valence-electron chi connectivity index (χ3n) is 5.40. The fraction of sp³-hybridized carbons (Fsp3) is 0.706. The molecule has 1 aliphatic carbocycles. The summed E-state index contributed by atoms with van der Waals surface area (Å²) < 4.78 is -0.231. The van der Waals surface area contributed by atoms with Crippen molar-refractivity contribution < 1.29 is 9.59 Å². The minimum Gasteiger partial charge on any atom is -0.341 e. The van der Waals surface area contributed by atoms with Crippen LogP contribution in [0.15, 0.2) is 11.6 Å². The van der Waals surface area contributed by atoms with Crippen LogP contribution in [0.3, 0.4) is 0 Å². The van der Waals surface area contributed by atoms with Crippen LogP contribution >= 0.6 is 11.8 Å². The van der Waals surface area contributed by atoms with Crippen LogP contribution in [0.5, 0.6) is 0 Å². The maximum absolute atomic E-state index is 12.7. The standard InChI is InChI=1S/C17H24N6O2S/c1-17(2)13(14-19-21-22-20-14)23-15(25)12(16(23)26-17)18-11(24)9-10-7-5-3-4-6-8-10/h7,12-13,16H,3-6,8-9H2,1-2H3,(H,18,24)(H,19,20,21,22). The molecule has 2 fully saturated rings. The van der Waals surface area contributed by atoms with Crippen molar-refractivity contribution in [2.45, 2.75) is 74.6 Å². The molecule has 4 rings (SSSR count). The third-order valence-corrected chi connectivity index (χ3v) is 6.97. The molecule has 0 bridgehead atoms. The Balaban J connectivity index is 1.42. The molecule has 9 heteroatoms. The molecule has 3 aliphatic rings. The zero-order valence-corrected chi connectivity index (χ0v) is 15.9. The normalized spacial score (nSPS) is 30.2. The number of nitrogens with zero attached hydrogens (tertiary/aromatic N) is 4. The number of carbonyl (C=O) groups excluding carboxylic acids is 2. The highest BCUT2D eigenvalue weighted by atomic mass is 32.2. The number of thioether (sulfide) groups is 1. The molecule has 1 aromatic heterocycles. The average molecular weight is 376 g/mol. The zero-order chi connectivity index (χ0) is 18.3. The van der Waals surface area contributed by atoms with E-state index >= 15 is 0 Å². The molecule has 1 aromatic rings. The fourth-order valence-electron chi connectivity index (χ4n) is 4.15. The summed E-state index contributed by atoms with van der Waals surface area (Å²) in [6.45, 7) is 4.15. The number of tetrazole rings is 1. The molecule has 3 atom stereocenters. The summed E-state index contributed by atoms with van der Waals surface area (Å²) in [5.41, 5.74) is 1.20. The molecule has 3 unspecified atom stereocenters. The van der Waals surface area contributed by atoms with Crippen LogP contribution in [0.2, 0.25) is 0 Å². The first-order valence-corrected chi connectivity index (χ1v) is 10.1. The number of aromatic nitrogens is 4. The Morgan fingerprint density at radius 3 is 3.04 bits per heavy atom. The van der Waals surface area contributed by atoms with E-state index < -0.39 is 6.04 Å². The van der Waals surface area contributed by atoms with Gasteiger partial charge in [-0.1, -0.05) is 18.1 Å². The van der Waals surface area contributed by atoms with Gasteiger partial charge in [0, 0.05) is 11.2 Å². The smallest absolute Gasteiger partial charge is 0.249 e. The van der Waals surface area contributed by atoms with Gasteiger partial charge in [-0.25, -0.2) is 5.10 Å². The Labute approximate surface area is 156 Å². The lowest BCUT2D eigenvalue weighted by atomic mass is 9.95. The van der Waals surface area contributed by atoms with Gasteiger partial charge in [-0.3, -0.25) is 9.59 Å². The van der Waals surface area contributed by atoms with Crippen molar-refractivity contribution in [1.29, 1.82) is 0 Å². The van der Waals surface area contributed by atoms with Crippen molar-refractivity contribution in [3.05, 3.63) is 17.5 Å². The minimum absolute atomic E-state index is 0.0562.